The van der Waals surface area contributed by atoms with E-state index < -0.39 is 0 Å². The first-order valence-corrected chi connectivity index (χ1v) is 6.36. The molecule has 0 aliphatic carbocycles. The van der Waals surface area contributed by atoms with Gasteiger partial charge in [0, 0.05) is 0 Å². The zero-order valence-electron chi connectivity index (χ0n) is 12.0. The van der Waals surface area contributed by atoms with Gasteiger partial charge >= 0.3 is 0 Å². The van der Waals surface area contributed by atoms with Crippen molar-refractivity contribution >= 4 is 0 Å². The molecule has 0 saturated heterocycles. The lowest BCUT2D eigenvalue weighted by Gasteiger charge is -2.21. The van der Waals surface area contributed by atoms with Gasteiger partial charge in [0.15, 0.2) is 0 Å². The van der Waals surface area contributed by atoms with Crippen molar-refractivity contribution < 1.29 is 4.74 Å². The quantitative estimate of drug-likeness (QED) is 0.684. The summed E-state index contributed by atoms with van der Waals surface area (Å²) < 4.78 is 5.84. The fourth-order valence-electron chi connectivity index (χ4n) is 1.68. The van der Waals surface area contributed by atoms with Crippen LogP contribution in [0.5, 0.6) is 5.75 Å². The highest BCUT2D eigenvalue weighted by atomic mass is 16.5. The summed E-state index contributed by atoms with van der Waals surface area (Å²) in [7, 11) is 0. The molecule has 0 aliphatic heterocycles. The molecule has 1 nitrogen and oxygen atoms in total. The molecule has 0 saturated carbocycles. The summed E-state index contributed by atoms with van der Waals surface area (Å²) in [5.41, 5.74) is 3.63. The zero-order chi connectivity index (χ0) is 13.8. The van der Waals surface area contributed by atoms with Gasteiger partial charge in [-0.25, -0.2) is 0 Å². The second kappa shape index (κ2) is 5.90. The molecule has 18 heavy (non-hydrogen) atoms. The summed E-state index contributed by atoms with van der Waals surface area (Å²) in [4.78, 5) is 0. The van der Waals surface area contributed by atoms with Crippen molar-refractivity contribution in [2.75, 3.05) is 6.61 Å². The van der Waals surface area contributed by atoms with Crippen LogP contribution in [0, 0.1) is 0 Å². The van der Waals surface area contributed by atoms with E-state index in [9.17, 15) is 0 Å². The first-order valence-electron chi connectivity index (χ1n) is 6.36. The van der Waals surface area contributed by atoms with E-state index in [0.717, 1.165) is 17.7 Å². The van der Waals surface area contributed by atoms with E-state index in [1.165, 1.54) is 11.1 Å². The molecule has 0 heterocycles. The van der Waals surface area contributed by atoms with Crippen LogP contribution in [0.25, 0.3) is 0 Å². The third-order valence-electron chi connectivity index (χ3n) is 2.77. The summed E-state index contributed by atoms with van der Waals surface area (Å²) in [6.07, 6.45) is 2.73. The van der Waals surface area contributed by atoms with Crippen molar-refractivity contribution in [2.24, 2.45) is 0 Å². The molecule has 98 valence electrons. The maximum Gasteiger partial charge on any atom is 0.123 e. The van der Waals surface area contributed by atoms with Gasteiger partial charge in [0.1, 0.15) is 12.4 Å². The number of ether oxygens (including phenoxy) is 1. The number of hydrogen-bond acceptors (Lipinski definition) is 1. The maximum atomic E-state index is 5.84. The van der Waals surface area contributed by atoms with Crippen molar-refractivity contribution in [3.63, 3.8) is 0 Å². The Morgan fingerprint density at radius 2 is 2.00 bits per heavy atom. The summed E-state index contributed by atoms with van der Waals surface area (Å²) in [5.74, 6) is 0.949. The van der Waals surface area contributed by atoms with Gasteiger partial charge in [-0.3, -0.25) is 0 Å². The molecule has 1 heteroatoms. The monoisotopic (exact) mass is 244 g/mol. The molecular weight excluding hydrogens is 220 g/mol. The molecule has 1 aromatic rings. The van der Waals surface area contributed by atoms with Crippen LogP contribution in [0.15, 0.2) is 43.0 Å². The number of benzene rings is 1. The van der Waals surface area contributed by atoms with E-state index in [2.05, 4.69) is 52.1 Å². The largest absolute Gasteiger partial charge is 0.489 e. The molecule has 0 spiro atoms. The van der Waals surface area contributed by atoms with Gasteiger partial charge in [0.05, 0.1) is 0 Å². The highest BCUT2D eigenvalue weighted by molar-refractivity contribution is 5.41. The molecule has 0 aromatic heterocycles. The van der Waals surface area contributed by atoms with Crippen LogP contribution in [-0.4, -0.2) is 6.61 Å². The lowest BCUT2D eigenvalue weighted by atomic mass is 9.86. The van der Waals surface area contributed by atoms with Crippen molar-refractivity contribution in [3.05, 3.63) is 54.1 Å². The second-order valence-corrected chi connectivity index (χ2v) is 5.81. The Morgan fingerprint density at radius 3 is 2.50 bits per heavy atom. The van der Waals surface area contributed by atoms with E-state index in [-0.39, 0.29) is 5.41 Å². The Bertz CT molecular complexity index is 435. The summed E-state index contributed by atoms with van der Waals surface area (Å²) in [6, 6.07) is 6.45. The van der Waals surface area contributed by atoms with Gasteiger partial charge < -0.3 is 4.74 Å². The minimum atomic E-state index is 0.133. The first-order chi connectivity index (χ1) is 8.34. The zero-order valence-corrected chi connectivity index (χ0v) is 12.0. The van der Waals surface area contributed by atoms with Crippen LogP contribution in [0.1, 0.15) is 38.8 Å². The Morgan fingerprint density at radius 1 is 1.33 bits per heavy atom. The van der Waals surface area contributed by atoms with E-state index in [1.807, 2.05) is 13.0 Å². The SMILES string of the molecule is C=CCc1ccc(C(C)(C)C)cc1OCC(=C)C. The maximum absolute atomic E-state index is 5.84. The lowest BCUT2D eigenvalue weighted by Crippen LogP contribution is -2.12. The summed E-state index contributed by atoms with van der Waals surface area (Å²) in [5, 5.41) is 0. The highest BCUT2D eigenvalue weighted by Crippen LogP contribution is 2.29. The molecule has 0 unspecified atom stereocenters. The second-order valence-electron chi connectivity index (χ2n) is 5.81. The molecule has 0 radical (unpaired) electrons. The van der Waals surface area contributed by atoms with Gasteiger partial charge in [0.2, 0.25) is 0 Å². The van der Waals surface area contributed by atoms with Gasteiger partial charge in [-0.2, -0.15) is 0 Å². The van der Waals surface area contributed by atoms with Crippen molar-refractivity contribution in [1.29, 1.82) is 0 Å². The third-order valence-corrected chi connectivity index (χ3v) is 2.77. The van der Waals surface area contributed by atoms with E-state index in [4.69, 9.17) is 4.74 Å². The van der Waals surface area contributed by atoms with Crippen molar-refractivity contribution in [3.8, 4) is 5.75 Å². The molecule has 1 rings (SSSR count). The number of rotatable bonds is 5. The Labute approximate surface area is 111 Å². The summed E-state index contributed by atoms with van der Waals surface area (Å²) in [6.45, 7) is 16.8. The minimum Gasteiger partial charge on any atom is -0.489 e. The Balaban J connectivity index is 3.06. The van der Waals surface area contributed by atoms with E-state index >= 15 is 0 Å². The van der Waals surface area contributed by atoms with Crippen molar-refractivity contribution in [2.45, 2.75) is 39.5 Å². The molecule has 0 N–H and O–H groups in total. The standard InChI is InChI=1S/C17H24O/c1-7-8-14-9-10-15(17(4,5)6)11-16(14)18-12-13(2)3/h7,9-11H,1-2,8,12H2,3-6H3. The topological polar surface area (TPSA) is 9.23 Å². The minimum absolute atomic E-state index is 0.133. The van der Waals surface area contributed by atoms with Gasteiger partial charge in [0.25, 0.3) is 0 Å². The number of allylic oxidation sites excluding steroid dienone is 1. The van der Waals surface area contributed by atoms with Crippen LogP contribution in [0.3, 0.4) is 0 Å². The molecule has 0 aliphatic rings. The summed E-state index contributed by atoms with van der Waals surface area (Å²) >= 11 is 0. The molecular formula is C17H24O. The highest BCUT2D eigenvalue weighted by Gasteiger charge is 2.15. The van der Waals surface area contributed by atoms with Gasteiger partial charge in [-0.05, 0) is 41.5 Å². The lowest BCUT2D eigenvalue weighted by molar-refractivity contribution is 0.348. The normalized spacial score (nSPS) is 11.1. The van der Waals surface area contributed by atoms with Gasteiger partial charge in [-0.1, -0.05) is 45.6 Å². The molecule has 1 aromatic carbocycles. The van der Waals surface area contributed by atoms with E-state index in [0.29, 0.717) is 6.61 Å². The van der Waals surface area contributed by atoms with Gasteiger partial charge in [-0.15, -0.1) is 6.58 Å². The van der Waals surface area contributed by atoms with Crippen LogP contribution in [0.4, 0.5) is 0 Å². The van der Waals surface area contributed by atoms with Crippen molar-refractivity contribution in [1.82, 2.24) is 0 Å². The van der Waals surface area contributed by atoms with E-state index in [1.54, 1.807) is 0 Å². The van der Waals surface area contributed by atoms with Crippen LogP contribution in [-0.2, 0) is 11.8 Å². The predicted molar refractivity (Wildman–Crippen MR) is 79.4 cm³/mol. The fraction of sp³-hybridized carbons (Fsp3) is 0.412. The molecule has 0 bridgehead atoms. The smallest absolute Gasteiger partial charge is 0.123 e. The third kappa shape index (κ3) is 4.06. The van der Waals surface area contributed by atoms with Crippen LogP contribution in [0.2, 0.25) is 0 Å². The first kappa shape index (κ1) is 14.6. The average Bonchev–Trinajstić information content (AvgIpc) is 2.26. The Kier molecular flexibility index (Phi) is 4.77. The number of hydrogen-bond donors (Lipinski definition) is 0. The molecule has 0 fully saturated rings. The average molecular weight is 244 g/mol. The van der Waals surface area contributed by atoms with Crippen LogP contribution >= 0.6 is 0 Å². The fourth-order valence-corrected chi connectivity index (χ4v) is 1.68. The van der Waals surface area contributed by atoms with Crippen LogP contribution < -0.4 is 4.74 Å². The Hall–Kier alpha value is -1.50. The molecule has 0 atom stereocenters. The predicted octanol–water partition coefficient (Wildman–Crippen LogP) is 4.67. The molecule has 0 amide bonds.